The molecule has 0 atom stereocenters. The maximum Gasteiger partial charge on any atom is 0.416 e. The summed E-state index contributed by atoms with van der Waals surface area (Å²) >= 11 is 0. The van der Waals surface area contributed by atoms with Crippen LogP contribution in [0.5, 0.6) is 0 Å². The number of aromatic nitrogens is 1. The SMILES string of the molecule is Cc1c[c]cnc1-c1cccc(C(F)(F)F)c1. The fraction of sp³-hybridized carbons (Fsp3) is 0.154. The molecule has 1 nitrogen and oxygen atoms in total. The van der Waals surface area contributed by atoms with Gasteiger partial charge in [-0.15, -0.1) is 0 Å². The zero-order chi connectivity index (χ0) is 12.5. The van der Waals surface area contributed by atoms with Crippen molar-refractivity contribution in [3.63, 3.8) is 0 Å². The van der Waals surface area contributed by atoms with Crippen molar-refractivity contribution in [2.24, 2.45) is 0 Å². The van der Waals surface area contributed by atoms with E-state index in [0.29, 0.717) is 11.3 Å². The number of alkyl halides is 3. The molecule has 1 radical (unpaired) electrons. The smallest absolute Gasteiger partial charge is 0.255 e. The van der Waals surface area contributed by atoms with Crippen molar-refractivity contribution in [1.82, 2.24) is 4.98 Å². The van der Waals surface area contributed by atoms with E-state index in [-0.39, 0.29) is 0 Å². The van der Waals surface area contributed by atoms with Gasteiger partial charge in [0.2, 0.25) is 0 Å². The molecule has 2 aromatic rings. The Balaban J connectivity index is 2.51. The highest BCUT2D eigenvalue weighted by Gasteiger charge is 2.30. The van der Waals surface area contributed by atoms with E-state index >= 15 is 0 Å². The second kappa shape index (κ2) is 4.20. The van der Waals surface area contributed by atoms with E-state index in [2.05, 4.69) is 11.1 Å². The molecule has 2 rings (SSSR count). The molecule has 0 aliphatic rings. The van der Waals surface area contributed by atoms with Crippen molar-refractivity contribution in [1.29, 1.82) is 0 Å². The van der Waals surface area contributed by atoms with Crippen LogP contribution in [0.4, 0.5) is 13.2 Å². The highest BCUT2D eigenvalue weighted by atomic mass is 19.4. The minimum absolute atomic E-state index is 0.464. The van der Waals surface area contributed by atoms with Gasteiger partial charge >= 0.3 is 6.18 Å². The third-order valence-corrected chi connectivity index (χ3v) is 2.40. The lowest BCUT2D eigenvalue weighted by Gasteiger charge is -2.09. The lowest BCUT2D eigenvalue weighted by atomic mass is 10.0. The first kappa shape index (κ1) is 11.6. The van der Waals surface area contributed by atoms with Crippen molar-refractivity contribution in [3.8, 4) is 11.3 Å². The quantitative estimate of drug-likeness (QED) is 0.732. The van der Waals surface area contributed by atoms with E-state index in [1.807, 2.05) is 0 Å². The predicted molar refractivity (Wildman–Crippen MR) is 58.2 cm³/mol. The van der Waals surface area contributed by atoms with Gasteiger partial charge in [-0.1, -0.05) is 12.1 Å². The Morgan fingerprint density at radius 1 is 1.24 bits per heavy atom. The van der Waals surface area contributed by atoms with Crippen LogP contribution in [0.25, 0.3) is 11.3 Å². The van der Waals surface area contributed by atoms with Crippen LogP contribution in [0, 0.1) is 13.0 Å². The highest BCUT2D eigenvalue weighted by Crippen LogP contribution is 2.32. The highest BCUT2D eigenvalue weighted by molar-refractivity contribution is 5.63. The van der Waals surface area contributed by atoms with E-state index in [1.54, 1.807) is 19.1 Å². The van der Waals surface area contributed by atoms with Crippen LogP contribution in [0.2, 0.25) is 0 Å². The molecule has 1 aromatic heterocycles. The van der Waals surface area contributed by atoms with Gasteiger partial charge in [-0.05, 0) is 30.7 Å². The third kappa shape index (κ3) is 2.46. The molecule has 4 heteroatoms. The molecule has 0 N–H and O–H groups in total. The molecule has 1 aromatic carbocycles. The van der Waals surface area contributed by atoms with Gasteiger partial charge in [-0.2, -0.15) is 13.2 Å². The van der Waals surface area contributed by atoms with Crippen LogP contribution in [0.1, 0.15) is 11.1 Å². The Morgan fingerprint density at radius 2 is 2.00 bits per heavy atom. The minimum atomic E-state index is -4.33. The van der Waals surface area contributed by atoms with E-state index in [1.165, 1.54) is 12.3 Å². The second-order valence-corrected chi connectivity index (χ2v) is 3.68. The lowest BCUT2D eigenvalue weighted by Crippen LogP contribution is -2.04. The van der Waals surface area contributed by atoms with Crippen LogP contribution in [-0.4, -0.2) is 4.98 Å². The molecule has 87 valence electrons. The molecule has 0 fully saturated rings. The third-order valence-electron chi connectivity index (χ3n) is 2.40. The van der Waals surface area contributed by atoms with Crippen molar-refractivity contribution in [2.75, 3.05) is 0 Å². The van der Waals surface area contributed by atoms with Gasteiger partial charge in [0, 0.05) is 17.8 Å². The Morgan fingerprint density at radius 3 is 2.65 bits per heavy atom. The number of hydrogen-bond donors (Lipinski definition) is 0. The number of hydrogen-bond acceptors (Lipinski definition) is 1. The van der Waals surface area contributed by atoms with E-state index in [0.717, 1.165) is 17.7 Å². The van der Waals surface area contributed by atoms with Crippen LogP contribution < -0.4 is 0 Å². The summed E-state index contributed by atoms with van der Waals surface area (Å²) in [6.07, 6.45) is -2.88. The van der Waals surface area contributed by atoms with Crippen molar-refractivity contribution in [2.45, 2.75) is 13.1 Å². The maximum absolute atomic E-state index is 12.6. The Bertz CT molecular complexity index is 532. The standard InChI is InChI=1S/C13H9F3N/c1-9-4-3-7-17-12(9)10-5-2-6-11(8-10)13(14,15)16/h2,4-8H,1H3. The molecule has 0 saturated heterocycles. The zero-order valence-electron chi connectivity index (χ0n) is 9.05. The fourth-order valence-corrected chi connectivity index (χ4v) is 1.58. The molecule has 0 aliphatic heterocycles. The summed E-state index contributed by atoms with van der Waals surface area (Å²) in [5.74, 6) is 0. The topological polar surface area (TPSA) is 12.9 Å². The number of aryl methyl sites for hydroxylation is 1. The number of nitrogens with zero attached hydrogens (tertiary/aromatic N) is 1. The van der Waals surface area contributed by atoms with Crippen molar-refractivity contribution < 1.29 is 13.2 Å². The van der Waals surface area contributed by atoms with Crippen LogP contribution in [0.3, 0.4) is 0 Å². The Kier molecular flexibility index (Phi) is 2.88. The maximum atomic E-state index is 12.6. The fourth-order valence-electron chi connectivity index (χ4n) is 1.58. The van der Waals surface area contributed by atoms with E-state index in [4.69, 9.17) is 0 Å². The number of pyridine rings is 1. The van der Waals surface area contributed by atoms with Gasteiger partial charge < -0.3 is 0 Å². The largest absolute Gasteiger partial charge is 0.416 e. The average Bonchev–Trinajstić information content (AvgIpc) is 2.29. The Labute approximate surface area is 96.9 Å². The minimum Gasteiger partial charge on any atom is -0.255 e. The molecule has 0 bridgehead atoms. The molecule has 0 unspecified atom stereocenters. The van der Waals surface area contributed by atoms with E-state index in [9.17, 15) is 13.2 Å². The zero-order valence-corrected chi connectivity index (χ0v) is 9.05. The first-order chi connectivity index (χ1) is 7.98. The van der Waals surface area contributed by atoms with Crippen molar-refractivity contribution >= 4 is 0 Å². The first-order valence-corrected chi connectivity index (χ1v) is 4.99. The summed E-state index contributed by atoms with van der Waals surface area (Å²) in [6, 6.07) is 9.64. The van der Waals surface area contributed by atoms with Crippen LogP contribution in [0.15, 0.2) is 36.5 Å². The number of halogens is 3. The summed E-state index contributed by atoms with van der Waals surface area (Å²) in [6.45, 7) is 1.79. The first-order valence-electron chi connectivity index (χ1n) is 4.99. The summed E-state index contributed by atoms with van der Waals surface area (Å²) in [4.78, 5) is 4.05. The van der Waals surface area contributed by atoms with Crippen LogP contribution in [-0.2, 0) is 6.18 Å². The Hall–Kier alpha value is -1.84. The molecule has 17 heavy (non-hydrogen) atoms. The number of rotatable bonds is 1. The lowest BCUT2D eigenvalue weighted by molar-refractivity contribution is -0.137. The van der Waals surface area contributed by atoms with Gasteiger partial charge in [0.05, 0.1) is 11.3 Å². The molecule has 0 spiro atoms. The van der Waals surface area contributed by atoms with Gasteiger partial charge in [-0.25, -0.2) is 0 Å². The van der Waals surface area contributed by atoms with Crippen LogP contribution >= 0.6 is 0 Å². The summed E-state index contributed by atoms with van der Waals surface area (Å²) in [5.41, 5.74) is 1.15. The number of benzene rings is 1. The van der Waals surface area contributed by atoms with Gasteiger partial charge in [0.15, 0.2) is 0 Å². The molecular weight excluding hydrogens is 227 g/mol. The molecule has 0 saturated carbocycles. The van der Waals surface area contributed by atoms with E-state index < -0.39 is 11.7 Å². The summed E-state index contributed by atoms with van der Waals surface area (Å²) in [5, 5.41) is 0. The van der Waals surface area contributed by atoms with Gasteiger partial charge in [-0.3, -0.25) is 4.98 Å². The molecule has 0 aliphatic carbocycles. The summed E-state index contributed by atoms with van der Waals surface area (Å²) < 4.78 is 37.7. The molecule has 1 heterocycles. The normalized spacial score (nSPS) is 11.5. The monoisotopic (exact) mass is 236 g/mol. The molecule has 0 amide bonds. The molecular formula is C13H9F3N. The van der Waals surface area contributed by atoms with Gasteiger partial charge in [0.1, 0.15) is 0 Å². The van der Waals surface area contributed by atoms with Crippen molar-refractivity contribution in [3.05, 3.63) is 53.7 Å². The predicted octanol–water partition coefficient (Wildman–Crippen LogP) is 3.88. The second-order valence-electron chi connectivity index (χ2n) is 3.68. The summed E-state index contributed by atoms with van der Waals surface area (Å²) in [7, 11) is 0. The average molecular weight is 236 g/mol. The van der Waals surface area contributed by atoms with Gasteiger partial charge in [0.25, 0.3) is 0 Å².